The number of carbonyl (C=O) groups is 1. The molecule has 2 aliphatic heterocycles. The molecule has 0 saturated carbocycles. The summed E-state index contributed by atoms with van der Waals surface area (Å²) in [5, 5.41) is 9.90. The van der Waals surface area contributed by atoms with Crippen LogP contribution in [0.15, 0.2) is 44.8 Å². The van der Waals surface area contributed by atoms with Crippen LogP contribution in [0, 0.1) is 25.2 Å². The molecule has 10 nitrogen and oxygen atoms in total. The molecule has 0 radical (unpaired) electrons. The van der Waals surface area contributed by atoms with Crippen molar-refractivity contribution < 1.29 is 4.79 Å². The molecule has 0 spiro atoms. The number of carbonyl (C=O) groups excluding carboxylic acids is 1. The molecule has 42 heavy (non-hydrogen) atoms. The van der Waals surface area contributed by atoms with Gasteiger partial charge in [-0.25, -0.2) is 4.68 Å². The van der Waals surface area contributed by atoms with Crippen LogP contribution in [0.1, 0.15) is 36.2 Å². The molecule has 1 aromatic carbocycles. The number of nitriles is 1. The number of nitrogens with zero attached hydrogens (tertiary/aromatic N) is 7. The van der Waals surface area contributed by atoms with Crippen LogP contribution in [0.5, 0.6) is 0 Å². The number of thiocarbonyl (C=S) groups is 1. The van der Waals surface area contributed by atoms with E-state index in [1.54, 1.807) is 36.2 Å². The van der Waals surface area contributed by atoms with Crippen LogP contribution in [0.3, 0.4) is 0 Å². The average molecular weight is 604 g/mol. The molecule has 2 aromatic heterocycles. The van der Waals surface area contributed by atoms with E-state index in [4.69, 9.17) is 12.2 Å². The molecule has 3 aromatic rings. The van der Waals surface area contributed by atoms with Gasteiger partial charge < -0.3 is 9.80 Å². The molecule has 0 unspecified atom stereocenters. The Bertz CT molecular complexity index is 1770. The summed E-state index contributed by atoms with van der Waals surface area (Å²) in [6.07, 6.45) is 1.73. The van der Waals surface area contributed by atoms with Gasteiger partial charge in [-0.3, -0.25) is 28.5 Å². The molecule has 12 heteroatoms. The molecule has 0 N–H and O–H groups in total. The quantitative estimate of drug-likeness (QED) is 0.312. The first-order valence-electron chi connectivity index (χ1n) is 13.9. The minimum Gasteiger partial charge on any atom is -0.355 e. The summed E-state index contributed by atoms with van der Waals surface area (Å²) in [6.45, 7) is 12.0. The Hall–Kier alpha value is -3.92. The van der Waals surface area contributed by atoms with Crippen molar-refractivity contribution in [2.24, 2.45) is 7.05 Å². The third kappa shape index (κ3) is 4.81. The van der Waals surface area contributed by atoms with Gasteiger partial charge >= 0.3 is 0 Å². The van der Waals surface area contributed by atoms with Gasteiger partial charge in [0.1, 0.15) is 23.1 Å². The lowest BCUT2D eigenvalue weighted by atomic mass is 10.0. The van der Waals surface area contributed by atoms with Gasteiger partial charge in [0, 0.05) is 45.3 Å². The maximum Gasteiger partial charge on any atom is 0.296 e. The van der Waals surface area contributed by atoms with Gasteiger partial charge in [0.25, 0.3) is 17.0 Å². The van der Waals surface area contributed by atoms with Gasteiger partial charge in [0.05, 0.1) is 16.3 Å². The lowest BCUT2D eigenvalue weighted by Crippen LogP contribution is -2.48. The Morgan fingerprint density at radius 3 is 2.26 bits per heavy atom. The summed E-state index contributed by atoms with van der Waals surface area (Å²) in [5.74, 6) is 0.285. The highest BCUT2D eigenvalue weighted by atomic mass is 32.2. The topological polar surface area (TPSA) is 99.5 Å². The number of para-hydroxylation sites is 1. The number of piperazine rings is 1. The van der Waals surface area contributed by atoms with Crippen molar-refractivity contribution in [3.8, 4) is 11.8 Å². The van der Waals surface area contributed by atoms with Crippen molar-refractivity contribution in [1.82, 2.24) is 18.8 Å². The number of hydrogen-bond donors (Lipinski definition) is 0. The maximum atomic E-state index is 14.0. The number of anilines is 2. The highest BCUT2D eigenvalue weighted by molar-refractivity contribution is 8.27. The van der Waals surface area contributed by atoms with Gasteiger partial charge in [-0.05, 0) is 51.1 Å². The van der Waals surface area contributed by atoms with Crippen molar-refractivity contribution in [3.05, 3.63) is 78.3 Å². The summed E-state index contributed by atoms with van der Waals surface area (Å²) in [6, 6.07) is 11.3. The Balaban J connectivity index is 1.64. The van der Waals surface area contributed by atoms with Crippen molar-refractivity contribution >= 4 is 51.8 Å². The Morgan fingerprint density at radius 1 is 1.00 bits per heavy atom. The van der Waals surface area contributed by atoms with Crippen molar-refractivity contribution in [2.45, 2.75) is 34.2 Å². The zero-order valence-corrected chi connectivity index (χ0v) is 26.0. The van der Waals surface area contributed by atoms with Crippen LogP contribution < -0.4 is 20.9 Å². The Morgan fingerprint density at radius 2 is 1.67 bits per heavy atom. The molecule has 2 aliphatic rings. The molecule has 0 aliphatic carbocycles. The summed E-state index contributed by atoms with van der Waals surface area (Å²) >= 11 is 6.78. The first-order valence-corrected chi connectivity index (χ1v) is 15.1. The molecule has 218 valence electrons. The fraction of sp³-hybridized carbons (Fsp3) is 0.367. The molecule has 0 bridgehead atoms. The van der Waals surface area contributed by atoms with E-state index in [1.807, 2.05) is 37.3 Å². The lowest BCUT2D eigenvalue weighted by molar-refractivity contribution is -0.113. The molecular weight excluding hydrogens is 571 g/mol. The van der Waals surface area contributed by atoms with Gasteiger partial charge in [0.15, 0.2) is 4.32 Å². The molecule has 0 atom stereocenters. The van der Waals surface area contributed by atoms with E-state index < -0.39 is 5.91 Å². The fourth-order valence-electron chi connectivity index (χ4n) is 5.66. The lowest BCUT2D eigenvalue weighted by Gasteiger charge is -2.37. The Kier molecular flexibility index (Phi) is 8.28. The second-order valence-corrected chi connectivity index (χ2v) is 11.9. The van der Waals surface area contributed by atoms with Crippen molar-refractivity contribution in [2.75, 3.05) is 42.5 Å². The van der Waals surface area contributed by atoms with E-state index in [9.17, 15) is 19.6 Å². The first kappa shape index (κ1) is 29.6. The van der Waals surface area contributed by atoms with Gasteiger partial charge in [-0.15, -0.1) is 0 Å². The van der Waals surface area contributed by atoms with Crippen LogP contribution in [0.4, 0.5) is 11.5 Å². The summed E-state index contributed by atoms with van der Waals surface area (Å²) in [4.78, 5) is 47.2. The van der Waals surface area contributed by atoms with E-state index in [0.29, 0.717) is 52.9 Å². The number of hydrogen-bond acceptors (Lipinski definition) is 8. The van der Waals surface area contributed by atoms with Crippen LogP contribution in [-0.2, 0) is 18.4 Å². The highest BCUT2D eigenvalue weighted by Crippen LogP contribution is 2.38. The predicted octanol–water partition coefficient (Wildman–Crippen LogP) is 3.39. The van der Waals surface area contributed by atoms with Crippen LogP contribution in [0.25, 0.3) is 11.8 Å². The fourth-order valence-corrected chi connectivity index (χ4v) is 6.91. The molecule has 2 fully saturated rings. The molecule has 4 heterocycles. The third-order valence-corrected chi connectivity index (χ3v) is 9.40. The molecule has 1 amide bonds. The monoisotopic (exact) mass is 603 g/mol. The van der Waals surface area contributed by atoms with Crippen LogP contribution >= 0.6 is 24.0 Å². The van der Waals surface area contributed by atoms with Gasteiger partial charge in [0.2, 0.25) is 0 Å². The number of thioether (sulfide) groups is 1. The predicted molar refractivity (Wildman–Crippen MR) is 172 cm³/mol. The maximum absolute atomic E-state index is 14.0. The minimum atomic E-state index is -0.412. The number of benzene rings is 1. The minimum absolute atomic E-state index is 0.0548. The van der Waals surface area contributed by atoms with E-state index >= 15 is 0 Å². The number of rotatable bonds is 6. The van der Waals surface area contributed by atoms with E-state index in [2.05, 4.69) is 22.8 Å². The number of likely N-dealkylation sites (N-methyl/N-ethyl adjacent to an activating group) is 1. The zero-order chi connectivity index (χ0) is 30.3. The highest BCUT2D eigenvalue weighted by Gasteiger charge is 2.38. The molecular formula is C30H33N7O3S2. The normalized spacial score (nSPS) is 17.0. The van der Waals surface area contributed by atoms with Gasteiger partial charge in [-0.1, -0.05) is 49.1 Å². The number of amides is 1. The SMILES string of the molecule is CCN1CCN(c2c(/C=C3\SC(=S)N(c4c(C)n(C)n(-c5ccccc5)c4=O)C3=O)c(C)c(C#N)c(=O)n2CC)CC1. The molecule has 5 rings (SSSR count). The van der Waals surface area contributed by atoms with Crippen molar-refractivity contribution in [3.63, 3.8) is 0 Å². The van der Waals surface area contributed by atoms with Crippen LogP contribution in [0.2, 0.25) is 0 Å². The van der Waals surface area contributed by atoms with Gasteiger partial charge in [-0.2, -0.15) is 5.26 Å². The average Bonchev–Trinajstić information content (AvgIpc) is 3.39. The van der Waals surface area contributed by atoms with Crippen molar-refractivity contribution in [1.29, 1.82) is 5.26 Å². The number of pyridine rings is 1. The largest absolute Gasteiger partial charge is 0.355 e. The van der Waals surface area contributed by atoms with Crippen LogP contribution in [-0.4, -0.2) is 61.8 Å². The van der Waals surface area contributed by atoms with E-state index in [-0.39, 0.29) is 26.7 Å². The number of aromatic nitrogens is 3. The Labute approximate surface area is 254 Å². The van der Waals surface area contributed by atoms with E-state index in [0.717, 1.165) is 31.4 Å². The third-order valence-electron chi connectivity index (χ3n) is 8.10. The standard InChI is InChI=1S/C30H33N7O3S2/c1-6-33-13-15-34(16-14-33)26-22(19(3)23(18-31)27(38)35(26)7-2)17-24-28(39)36(30(41)42-24)25-20(4)32(5)37(29(25)40)21-11-9-8-10-12-21/h8-12,17H,6-7,13-16H2,1-5H3/b24-17-. The molecule has 2 saturated heterocycles. The first-order chi connectivity index (χ1) is 20.1. The summed E-state index contributed by atoms with van der Waals surface area (Å²) in [7, 11) is 1.77. The zero-order valence-electron chi connectivity index (χ0n) is 24.4. The second kappa shape index (κ2) is 11.8. The smallest absolute Gasteiger partial charge is 0.296 e. The second-order valence-electron chi connectivity index (χ2n) is 10.2. The summed E-state index contributed by atoms with van der Waals surface area (Å²) in [5.41, 5.74) is 2.01. The summed E-state index contributed by atoms with van der Waals surface area (Å²) < 4.78 is 5.10. The van der Waals surface area contributed by atoms with E-state index in [1.165, 1.54) is 9.58 Å².